The van der Waals surface area contributed by atoms with E-state index >= 15 is 0 Å². The van der Waals surface area contributed by atoms with Crippen molar-refractivity contribution < 1.29 is 19.2 Å². The fourth-order valence-electron chi connectivity index (χ4n) is 3.44. The molecule has 1 aliphatic rings. The first kappa shape index (κ1) is 19.8. The Morgan fingerprint density at radius 3 is 2.36 bits per heavy atom. The average molecular weight is 384 g/mol. The fourth-order valence-corrected chi connectivity index (χ4v) is 3.44. The van der Waals surface area contributed by atoms with E-state index in [-0.39, 0.29) is 16.4 Å². The second-order valence-electron chi connectivity index (χ2n) is 6.98. The number of nitro groups is 1. The van der Waals surface area contributed by atoms with Crippen LogP contribution in [-0.4, -0.2) is 37.5 Å². The largest absolute Gasteiger partial charge is 0.457 e. The maximum absolute atomic E-state index is 11.5. The average Bonchev–Trinajstić information content (AvgIpc) is 2.69. The molecule has 0 N–H and O–H groups in total. The highest BCUT2D eigenvalue weighted by Crippen LogP contribution is 2.36. The Morgan fingerprint density at radius 2 is 1.79 bits per heavy atom. The number of methoxy groups -OCH3 is 1. The zero-order chi connectivity index (χ0) is 20.1. The third-order valence-electron chi connectivity index (χ3n) is 5.00. The van der Waals surface area contributed by atoms with Crippen LogP contribution in [0, 0.1) is 16.0 Å². The number of Topliss-reactive ketones (excluding diaryl/α,β-unsaturated/α-hetero) is 1. The summed E-state index contributed by atoms with van der Waals surface area (Å²) < 4.78 is 11.1. The van der Waals surface area contributed by atoms with Gasteiger partial charge in [-0.3, -0.25) is 14.9 Å². The third-order valence-corrected chi connectivity index (χ3v) is 5.00. The number of ketones is 1. The van der Waals surface area contributed by atoms with Crippen LogP contribution in [0.4, 0.5) is 11.4 Å². The lowest BCUT2D eigenvalue weighted by molar-refractivity contribution is -0.384. The molecule has 0 spiro atoms. The molecule has 28 heavy (non-hydrogen) atoms. The molecule has 1 heterocycles. The molecule has 0 atom stereocenters. The van der Waals surface area contributed by atoms with Crippen LogP contribution in [0.3, 0.4) is 0 Å². The maximum atomic E-state index is 11.5. The predicted octanol–water partition coefficient (Wildman–Crippen LogP) is 4.45. The topological polar surface area (TPSA) is 81.9 Å². The highest BCUT2D eigenvalue weighted by molar-refractivity contribution is 5.94. The molecule has 2 aromatic carbocycles. The Labute approximate surface area is 164 Å². The molecule has 0 unspecified atom stereocenters. The smallest absolute Gasteiger partial charge is 0.292 e. The van der Waals surface area contributed by atoms with Crippen LogP contribution in [0.5, 0.6) is 11.5 Å². The minimum Gasteiger partial charge on any atom is -0.457 e. The van der Waals surface area contributed by atoms with E-state index in [0.29, 0.717) is 28.7 Å². The summed E-state index contributed by atoms with van der Waals surface area (Å²) in [6, 6.07) is 11.6. The number of anilines is 1. The van der Waals surface area contributed by atoms with Gasteiger partial charge < -0.3 is 14.4 Å². The first-order chi connectivity index (χ1) is 13.5. The van der Waals surface area contributed by atoms with Gasteiger partial charge in [-0.15, -0.1) is 0 Å². The van der Waals surface area contributed by atoms with Crippen LogP contribution in [0.1, 0.15) is 30.1 Å². The summed E-state index contributed by atoms with van der Waals surface area (Å²) in [5, 5.41) is 11.5. The Balaban J connectivity index is 1.79. The molecule has 0 radical (unpaired) electrons. The second kappa shape index (κ2) is 8.84. The third kappa shape index (κ3) is 4.67. The van der Waals surface area contributed by atoms with Crippen LogP contribution in [0.25, 0.3) is 0 Å². The summed E-state index contributed by atoms with van der Waals surface area (Å²) in [5.74, 6) is 1.57. The first-order valence-electron chi connectivity index (χ1n) is 9.29. The minimum atomic E-state index is -0.359. The molecule has 7 nitrogen and oxygen atoms in total. The van der Waals surface area contributed by atoms with E-state index in [1.165, 1.54) is 13.0 Å². The summed E-state index contributed by atoms with van der Waals surface area (Å²) in [6.45, 7) is 3.71. The number of carbonyl (C=O) groups excluding carboxylic acids is 1. The zero-order valence-corrected chi connectivity index (χ0v) is 16.1. The molecule has 0 saturated carbocycles. The monoisotopic (exact) mass is 384 g/mol. The van der Waals surface area contributed by atoms with Crippen LogP contribution >= 0.6 is 0 Å². The number of nitro benzene ring substituents is 1. The molecule has 1 aliphatic heterocycles. The van der Waals surface area contributed by atoms with E-state index in [0.717, 1.165) is 32.5 Å². The van der Waals surface area contributed by atoms with Crippen LogP contribution in [0.15, 0.2) is 42.5 Å². The van der Waals surface area contributed by atoms with E-state index < -0.39 is 0 Å². The molecule has 3 rings (SSSR count). The van der Waals surface area contributed by atoms with Crippen molar-refractivity contribution in [2.45, 2.75) is 19.8 Å². The van der Waals surface area contributed by atoms with Gasteiger partial charge in [-0.25, -0.2) is 0 Å². The number of hydrogen-bond acceptors (Lipinski definition) is 6. The van der Waals surface area contributed by atoms with Gasteiger partial charge in [-0.1, -0.05) is 0 Å². The maximum Gasteiger partial charge on any atom is 0.292 e. The standard InChI is InChI=1S/C21H24N2O5/c1-15(24)17-3-5-18(6-4-17)28-19-7-8-20(23(25)26)21(13-19)22-11-9-16(10-12-22)14-27-2/h3-8,13,16H,9-12,14H2,1-2H3. The number of benzene rings is 2. The number of carbonyl (C=O) groups is 1. The van der Waals surface area contributed by atoms with E-state index in [9.17, 15) is 14.9 Å². The molecule has 1 fully saturated rings. The van der Waals surface area contributed by atoms with Crippen LogP contribution < -0.4 is 9.64 Å². The Hall–Kier alpha value is -2.93. The van der Waals surface area contributed by atoms with Gasteiger partial charge in [0.15, 0.2) is 5.78 Å². The van der Waals surface area contributed by atoms with E-state index in [2.05, 4.69) is 0 Å². The Bertz CT molecular complexity index is 842. The summed E-state index contributed by atoms with van der Waals surface area (Å²) in [7, 11) is 1.70. The van der Waals surface area contributed by atoms with E-state index in [1.807, 2.05) is 4.90 Å². The minimum absolute atomic E-state index is 0.0129. The van der Waals surface area contributed by atoms with Gasteiger partial charge in [0.2, 0.25) is 0 Å². The summed E-state index contributed by atoms with van der Waals surface area (Å²) in [6.07, 6.45) is 1.87. The van der Waals surface area contributed by atoms with Crippen molar-refractivity contribution in [2.24, 2.45) is 5.92 Å². The summed E-state index contributed by atoms with van der Waals surface area (Å²) in [5.41, 5.74) is 1.25. The highest BCUT2D eigenvalue weighted by Gasteiger charge is 2.25. The van der Waals surface area contributed by atoms with Crippen molar-refractivity contribution >= 4 is 17.2 Å². The molecule has 7 heteroatoms. The van der Waals surface area contributed by atoms with Gasteiger partial charge >= 0.3 is 0 Å². The zero-order valence-electron chi connectivity index (χ0n) is 16.1. The molecule has 0 aliphatic carbocycles. The van der Waals surface area contributed by atoms with Crippen molar-refractivity contribution in [3.05, 3.63) is 58.1 Å². The molecule has 0 amide bonds. The molecule has 0 aromatic heterocycles. The van der Waals surface area contributed by atoms with Crippen molar-refractivity contribution in [3.63, 3.8) is 0 Å². The van der Waals surface area contributed by atoms with Crippen LogP contribution in [0.2, 0.25) is 0 Å². The van der Waals surface area contributed by atoms with Crippen molar-refractivity contribution in [1.82, 2.24) is 0 Å². The fraction of sp³-hybridized carbons (Fsp3) is 0.381. The summed E-state index contributed by atoms with van der Waals surface area (Å²) in [4.78, 5) is 24.5. The van der Waals surface area contributed by atoms with Gasteiger partial charge in [-0.05, 0) is 56.0 Å². The normalized spacial score (nSPS) is 14.7. The second-order valence-corrected chi connectivity index (χ2v) is 6.98. The molecule has 2 aromatic rings. The van der Waals surface area contributed by atoms with Gasteiger partial charge in [0, 0.05) is 44.5 Å². The number of rotatable bonds is 7. The predicted molar refractivity (Wildman–Crippen MR) is 106 cm³/mol. The molecular formula is C21H24N2O5. The van der Waals surface area contributed by atoms with Crippen molar-refractivity contribution in [3.8, 4) is 11.5 Å². The van der Waals surface area contributed by atoms with E-state index in [4.69, 9.17) is 9.47 Å². The lowest BCUT2D eigenvalue weighted by Gasteiger charge is -2.33. The highest BCUT2D eigenvalue weighted by atomic mass is 16.6. The Morgan fingerprint density at radius 1 is 1.14 bits per heavy atom. The number of hydrogen-bond donors (Lipinski definition) is 0. The van der Waals surface area contributed by atoms with Crippen molar-refractivity contribution in [2.75, 3.05) is 31.7 Å². The summed E-state index contributed by atoms with van der Waals surface area (Å²) >= 11 is 0. The molecule has 0 bridgehead atoms. The number of ether oxygens (including phenoxy) is 2. The lowest BCUT2D eigenvalue weighted by Crippen LogP contribution is -2.35. The van der Waals surface area contributed by atoms with Gasteiger partial charge in [0.05, 0.1) is 4.92 Å². The quantitative estimate of drug-likeness (QED) is 0.398. The first-order valence-corrected chi connectivity index (χ1v) is 9.29. The van der Waals surface area contributed by atoms with Gasteiger partial charge in [0.25, 0.3) is 5.69 Å². The van der Waals surface area contributed by atoms with Gasteiger partial charge in [-0.2, -0.15) is 0 Å². The van der Waals surface area contributed by atoms with E-state index in [1.54, 1.807) is 43.5 Å². The van der Waals surface area contributed by atoms with Crippen LogP contribution in [-0.2, 0) is 4.74 Å². The molecule has 148 valence electrons. The van der Waals surface area contributed by atoms with Crippen molar-refractivity contribution in [1.29, 1.82) is 0 Å². The molecular weight excluding hydrogens is 360 g/mol. The Kier molecular flexibility index (Phi) is 6.26. The number of piperidine rings is 1. The lowest BCUT2D eigenvalue weighted by atomic mass is 9.97. The molecule has 1 saturated heterocycles. The van der Waals surface area contributed by atoms with Gasteiger partial charge in [0.1, 0.15) is 17.2 Å². The SMILES string of the molecule is COCC1CCN(c2cc(Oc3ccc(C(C)=O)cc3)ccc2[N+](=O)[O-])CC1. The number of nitrogens with zero attached hydrogens (tertiary/aromatic N) is 2.